The molecule has 0 aliphatic rings. The highest BCUT2D eigenvalue weighted by molar-refractivity contribution is 5.10. The molecule has 1 atom stereocenters. The molecule has 20 heavy (non-hydrogen) atoms. The molecule has 1 unspecified atom stereocenters. The van der Waals surface area contributed by atoms with Crippen LogP contribution < -0.4 is 5.32 Å². The molecular weight excluding hydrogens is 256 g/mol. The molecule has 0 radical (unpaired) electrons. The largest absolute Gasteiger partial charge is 0.396 e. The standard InChI is InChI=1S/C13H24N6O/c1-3-18(4-2)8-6-15-12(10-14)13-11-19(17-16-13)7-5-9-20/h11-12,15,20H,3-9H2,1-2H3. The normalized spacial score (nSPS) is 12.6. The molecule has 112 valence electrons. The van der Waals surface area contributed by atoms with Crippen LogP contribution in [0.3, 0.4) is 0 Å². The first-order chi connectivity index (χ1) is 9.74. The van der Waals surface area contributed by atoms with Crippen molar-refractivity contribution in [1.29, 1.82) is 5.26 Å². The Balaban J connectivity index is 2.45. The van der Waals surface area contributed by atoms with Crippen molar-refractivity contribution >= 4 is 0 Å². The highest BCUT2D eigenvalue weighted by Gasteiger charge is 2.14. The van der Waals surface area contributed by atoms with E-state index < -0.39 is 6.04 Å². The summed E-state index contributed by atoms with van der Waals surface area (Å²) in [6, 6.07) is 1.77. The Hall–Kier alpha value is -1.49. The molecule has 0 saturated heterocycles. The highest BCUT2D eigenvalue weighted by Crippen LogP contribution is 2.07. The van der Waals surface area contributed by atoms with Crippen LogP contribution in [-0.4, -0.2) is 57.8 Å². The van der Waals surface area contributed by atoms with E-state index in [0.717, 1.165) is 26.2 Å². The van der Waals surface area contributed by atoms with Gasteiger partial charge in [-0.05, 0) is 19.5 Å². The molecule has 0 spiro atoms. The SMILES string of the molecule is CCN(CC)CCNC(C#N)c1cn(CCCO)nn1. The van der Waals surface area contributed by atoms with Gasteiger partial charge in [0.25, 0.3) is 0 Å². The van der Waals surface area contributed by atoms with Crippen molar-refractivity contribution in [2.24, 2.45) is 0 Å². The summed E-state index contributed by atoms with van der Waals surface area (Å²) in [7, 11) is 0. The first-order valence-electron chi connectivity index (χ1n) is 7.11. The van der Waals surface area contributed by atoms with Gasteiger partial charge in [0.2, 0.25) is 0 Å². The van der Waals surface area contributed by atoms with Crippen molar-refractivity contribution in [3.8, 4) is 6.07 Å². The van der Waals surface area contributed by atoms with Crippen molar-refractivity contribution in [2.75, 3.05) is 32.8 Å². The monoisotopic (exact) mass is 280 g/mol. The number of rotatable bonds is 10. The van der Waals surface area contributed by atoms with Gasteiger partial charge in [-0.2, -0.15) is 5.26 Å². The number of aromatic nitrogens is 3. The quantitative estimate of drug-likeness (QED) is 0.634. The summed E-state index contributed by atoms with van der Waals surface area (Å²) in [6.45, 7) is 8.64. The highest BCUT2D eigenvalue weighted by atomic mass is 16.3. The minimum absolute atomic E-state index is 0.124. The zero-order chi connectivity index (χ0) is 14.8. The predicted molar refractivity (Wildman–Crippen MR) is 75.9 cm³/mol. The van der Waals surface area contributed by atoms with Gasteiger partial charge < -0.3 is 10.0 Å². The minimum Gasteiger partial charge on any atom is -0.396 e. The van der Waals surface area contributed by atoms with E-state index >= 15 is 0 Å². The zero-order valence-electron chi connectivity index (χ0n) is 12.3. The number of nitrogens with zero attached hydrogens (tertiary/aromatic N) is 5. The minimum atomic E-state index is -0.437. The Morgan fingerprint density at radius 2 is 2.25 bits per heavy atom. The Morgan fingerprint density at radius 3 is 2.85 bits per heavy atom. The predicted octanol–water partition coefficient (Wildman–Crippen LogP) is 0.157. The molecular formula is C13H24N6O. The van der Waals surface area contributed by atoms with Gasteiger partial charge in [0.15, 0.2) is 0 Å². The van der Waals surface area contributed by atoms with Crippen LogP contribution >= 0.6 is 0 Å². The van der Waals surface area contributed by atoms with Gasteiger partial charge in [-0.3, -0.25) is 10.00 Å². The maximum Gasteiger partial charge on any atom is 0.142 e. The second-order valence-electron chi connectivity index (χ2n) is 4.53. The lowest BCUT2D eigenvalue weighted by Crippen LogP contribution is -2.33. The van der Waals surface area contributed by atoms with Crippen LogP contribution in [0, 0.1) is 11.3 Å². The van der Waals surface area contributed by atoms with Crippen LogP contribution in [0.25, 0.3) is 0 Å². The average molecular weight is 280 g/mol. The van der Waals surface area contributed by atoms with Gasteiger partial charge in [0, 0.05) is 26.2 Å². The maximum absolute atomic E-state index is 9.20. The van der Waals surface area contributed by atoms with Gasteiger partial charge >= 0.3 is 0 Å². The van der Waals surface area contributed by atoms with E-state index in [4.69, 9.17) is 5.11 Å². The number of aryl methyl sites for hydroxylation is 1. The zero-order valence-corrected chi connectivity index (χ0v) is 12.3. The fourth-order valence-corrected chi connectivity index (χ4v) is 1.91. The fraction of sp³-hybridized carbons (Fsp3) is 0.769. The summed E-state index contributed by atoms with van der Waals surface area (Å²) in [4.78, 5) is 2.29. The van der Waals surface area contributed by atoms with Gasteiger partial charge in [-0.15, -0.1) is 5.10 Å². The third-order valence-electron chi connectivity index (χ3n) is 3.20. The van der Waals surface area contributed by atoms with E-state index in [9.17, 15) is 5.26 Å². The van der Waals surface area contributed by atoms with Crippen molar-refractivity contribution in [3.63, 3.8) is 0 Å². The Morgan fingerprint density at radius 1 is 1.50 bits per heavy atom. The number of hydrogen-bond acceptors (Lipinski definition) is 6. The first-order valence-corrected chi connectivity index (χ1v) is 7.11. The molecule has 7 nitrogen and oxygen atoms in total. The summed E-state index contributed by atoms with van der Waals surface area (Å²) in [5.74, 6) is 0. The molecule has 0 aromatic carbocycles. The lowest BCUT2D eigenvalue weighted by Gasteiger charge is -2.18. The second kappa shape index (κ2) is 9.42. The average Bonchev–Trinajstić information content (AvgIpc) is 2.94. The van der Waals surface area contributed by atoms with Crippen LogP contribution in [-0.2, 0) is 6.54 Å². The molecule has 1 aromatic rings. The second-order valence-corrected chi connectivity index (χ2v) is 4.53. The number of hydrogen-bond donors (Lipinski definition) is 2. The fourth-order valence-electron chi connectivity index (χ4n) is 1.91. The molecule has 0 bridgehead atoms. The van der Waals surface area contributed by atoms with E-state index in [-0.39, 0.29) is 6.61 Å². The van der Waals surface area contributed by atoms with E-state index in [1.807, 2.05) is 0 Å². The van der Waals surface area contributed by atoms with E-state index in [1.54, 1.807) is 10.9 Å². The summed E-state index contributed by atoms with van der Waals surface area (Å²) >= 11 is 0. The Labute approximate surface area is 120 Å². The lowest BCUT2D eigenvalue weighted by atomic mass is 10.2. The third kappa shape index (κ3) is 5.25. The molecule has 0 aliphatic carbocycles. The van der Waals surface area contributed by atoms with E-state index in [1.165, 1.54) is 0 Å². The number of nitriles is 1. The van der Waals surface area contributed by atoms with Crippen LogP contribution in [0.4, 0.5) is 0 Å². The van der Waals surface area contributed by atoms with Crippen molar-refractivity contribution in [1.82, 2.24) is 25.2 Å². The van der Waals surface area contributed by atoms with Gasteiger partial charge in [-0.25, -0.2) is 0 Å². The molecule has 7 heteroatoms. The molecule has 0 aliphatic heterocycles. The van der Waals surface area contributed by atoms with Crippen molar-refractivity contribution in [3.05, 3.63) is 11.9 Å². The van der Waals surface area contributed by atoms with Crippen molar-refractivity contribution < 1.29 is 5.11 Å². The van der Waals surface area contributed by atoms with Crippen LogP contribution in [0.2, 0.25) is 0 Å². The Bertz CT molecular complexity index is 409. The van der Waals surface area contributed by atoms with Crippen LogP contribution in [0.5, 0.6) is 0 Å². The Kier molecular flexibility index (Phi) is 7.80. The third-order valence-corrected chi connectivity index (χ3v) is 3.20. The number of aliphatic hydroxyl groups excluding tert-OH is 1. The molecule has 1 heterocycles. The lowest BCUT2D eigenvalue weighted by molar-refractivity contribution is 0.276. The number of nitrogens with one attached hydrogen (secondary N) is 1. The summed E-state index contributed by atoms with van der Waals surface area (Å²) in [5, 5.41) is 29.1. The van der Waals surface area contributed by atoms with Crippen LogP contribution in [0.15, 0.2) is 6.20 Å². The van der Waals surface area contributed by atoms with E-state index in [0.29, 0.717) is 18.7 Å². The van der Waals surface area contributed by atoms with Gasteiger partial charge in [0.05, 0.1) is 12.3 Å². The molecule has 1 rings (SSSR count). The molecule has 2 N–H and O–H groups in total. The molecule has 1 aromatic heterocycles. The van der Waals surface area contributed by atoms with Crippen molar-refractivity contribution in [2.45, 2.75) is 32.9 Å². The topological polar surface area (TPSA) is 90.0 Å². The summed E-state index contributed by atoms with van der Waals surface area (Å²) < 4.78 is 1.65. The molecule has 0 fully saturated rings. The van der Waals surface area contributed by atoms with Crippen LogP contribution in [0.1, 0.15) is 32.0 Å². The number of aliphatic hydroxyl groups is 1. The van der Waals surface area contributed by atoms with Gasteiger partial charge in [0.1, 0.15) is 11.7 Å². The maximum atomic E-state index is 9.20. The number of likely N-dealkylation sites (N-methyl/N-ethyl adjacent to an activating group) is 1. The molecule has 0 saturated carbocycles. The smallest absolute Gasteiger partial charge is 0.142 e. The molecule has 0 amide bonds. The summed E-state index contributed by atoms with van der Waals surface area (Å²) in [5.41, 5.74) is 0.630. The van der Waals surface area contributed by atoms with E-state index in [2.05, 4.69) is 40.4 Å². The summed E-state index contributed by atoms with van der Waals surface area (Å²) in [6.07, 6.45) is 2.39. The first kappa shape index (κ1) is 16.6. The van der Waals surface area contributed by atoms with Gasteiger partial charge in [-0.1, -0.05) is 19.1 Å².